The molecule has 2 aromatic rings. The number of thiophene rings is 1. The fraction of sp³-hybridized carbons (Fsp3) is 0.267. The fourth-order valence-corrected chi connectivity index (χ4v) is 2.57. The molecule has 1 aromatic carbocycles. The third kappa shape index (κ3) is 4.03. The van der Waals surface area contributed by atoms with E-state index in [2.05, 4.69) is 5.32 Å². The van der Waals surface area contributed by atoms with E-state index in [-0.39, 0.29) is 5.91 Å². The Morgan fingerprint density at radius 3 is 2.81 bits per heavy atom. The van der Waals surface area contributed by atoms with Gasteiger partial charge in [-0.2, -0.15) is 0 Å². The average Bonchev–Trinajstić information content (AvgIpc) is 2.88. The van der Waals surface area contributed by atoms with Crippen molar-refractivity contribution in [2.75, 3.05) is 25.6 Å². The molecule has 0 aliphatic rings. The molecule has 0 spiro atoms. The zero-order valence-corrected chi connectivity index (χ0v) is 12.6. The zero-order valence-electron chi connectivity index (χ0n) is 11.8. The molecule has 1 aromatic heterocycles. The summed E-state index contributed by atoms with van der Waals surface area (Å²) < 4.78 is 23.8. The van der Waals surface area contributed by atoms with Crippen molar-refractivity contribution < 1.29 is 18.7 Å². The van der Waals surface area contributed by atoms with Gasteiger partial charge in [0.25, 0.3) is 5.91 Å². The first-order chi connectivity index (χ1) is 10.1. The maximum Gasteiger partial charge on any atom is 0.266 e. The van der Waals surface area contributed by atoms with E-state index < -0.39 is 5.82 Å². The number of nitrogens with one attached hydrogen (secondary N) is 1. The van der Waals surface area contributed by atoms with Crippen molar-refractivity contribution in [3.05, 3.63) is 45.9 Å². The summed E-state index contributed by atoms with van der Waals surface area (Å²) in [4.78, 5) is 12.8. The van der Waals surface area contributed by atoms with Crippen LogP contribution in [0.15, 0.2) is 29.6 Å². The maximum atomic E-state index is 13.4. The number of halogens is 1. The monoisotopic (exact) mass is 309 g/mol. The molecule has 0 saturated heterocycles. The van der Waals surface area contributed by atoms with Gasteiger partial charge in [-0.05, 0) is 36.1 Å². The summed E-state index contributed by atoms with van der Waals surface area (Å²) in [5.74, 6) is -0.298. The number of benzene rings is 1. The van der Waals surface area contributed by atoms with Gasteiger partial charge in [0.2, 0.25) is 0 Å². The third-order valence-corrected chi connectivity index (χ3v) is 3.82. The second kappa shape index (κ2) is 7.19. The average molecular weight is 309 g/mol. The molecule has 0 atom stereocenters. The van der Waals surface area contributed by atoms with E-state index >= 15 is 0 Å². The van der Waals surface area contributed by atoms with Gasteiger partial charge < -0.3 is 14.8 Å². The normalized spacial score (nSPS) is 10.4. The Kier molecular flexibility index (Phi) is 5.30. The topological polar surface area (TPSA) is 47.6 Å². The molecule has 0 bridgehead atoms. The van der Waals surface area contributed by atoms with Crippen LogP contribution in [0, 0.1) is 12.7 Å². The van der Waals surface area contributed by atoms with Crippen LogP contribution in [0.25, 0.3) is 0 Å². The van der Waals surface area contributed by atoms with Gasteiger partial charge >= 0.3 is 0 Å². The van der Waals surface area contributed by atoms with Crippen LogP contribution in [0.1, 0.15) is 15.2 Å². The lowest BCUT2D eigenvalue weighted by Crippen LogP contribution is -2.13. The van der Waals surface area contributed by atoms with Crippen LogP contribution in [0.3, 0.4) is 0 Å². The zero-order chi connectivity index (χ0) is 15.2. The summed E-state index contributed by atoms with van der Waals surface area (Å²) in [6, 6.07) is 5.88. The number of rotatable bonds is 6. The molecule has 0 saturated carbocycles. The summed E-state index contributed by atoms with van der Waals surface area (Å²) in [5, 5.41) is 4.53. The number of hydrogen-bond acceptors (Lipinski definition) is 4. The molecule has 4 nitrogen and oxygen atoms in total. The highest BCUT2D eigenvalue weighted by Gasteiger charge is 2.14. The van der Waals surface area contributed by atoms with Crippen molar-refractivity contribution in [2.45, 2.75) is 6.92 Å². The minimum Gasteiger partial charge on any atom is -0.489 e. The molecule has 0 aliphatic carbocycles. The summed E-state index contributed by atoms with van der Waals surface area (Å²) >= 11 is 1.34. The Bertz CT molecular complexity index is 627. The highest BCUT2D eigenvalue weighted by Crippen LogP contribution is 2.27. The van der Waals surface area contributed by atoms with Crippen LogP contribution in [-0.2, 0) is 4.74 Å². The van der Waals surface area contributed by atoms with Crippen molar-refractivity contribution in [2.24, 2.45) is 0 Å². The van der Waals surface area contributed by atoms with Crippen molar-refractivity contribution in [1.29, 1.82) is 0 Å². The van der Waals surface area contributed by atoms with Crippen LogP contribution >= 0.6 is 11.3 Å². The molecule has 1 N–H and O–H groups in total. The molecule has 1 heterocycles. The van der Waals surface area contributed by atoms with Crippen LogP contribution in [0.4, 0.5) is 10.1 Å². The van der Waals surface area contributed by atoms with Crippen molar-refractivity contribution in [1.82, 2.24) is 0 Å². The molecular formula is C15H16FNO3S. The van der Waals surface area contributed by atoms with Crippen molar-refractivity contribution in [3.8, 4) is 5.75 Å². The number of carbonyl (C=O) groups is 1. The van der Waals surface area contributed by atoms with Crippen molar-refractivity contribution in [3.63, 3.8) is 0 Å². The molecule has 0 fully saturated rings. The molecule has 0 unspecified atom stereocenters. The van der Waals surface area contributed by atoms with Gasteiger partial charge in [0.15, 0.2) is 0 Å². The van der Waals surface area contributed by atoms with Crippen LogP contribution in [0.2, 0.25) is 0 Å². The summed E-state index contributed by atoms with van der Waals surface area (Å²) in [5.41, 5.74) is 1.19. The van der Waals surface area contributed by atoms with Gasteiger partial charge in [-0.1, -0.05) is 0 Å². The van der Waals surface area contributed by atoms with Crippen LogP contribution in [0.5, 0.6) is 5.75 Å². The maximum absolute atomic E-state index is 13.4. The van der Waals surface area contributed by atoms with E-state index in [1.54, 1.807) is 7.11 Å². The number of methoxy groups -OCH3 is 1. The first-order valence-corrected chi connectivity index (χ1v) is 7.26. The molecule has 0 aliphatic heterocycles. The van der Waals surface area contributed by atoms with Gasteiger partial charge in [-0.3, -0.25) is 4.79 Å². The van der Waals surface area contributed by atoms with Gasteiger partial charge in [0, 0.05) is 13.2 Å². The van der Waals surface area contributed by atoms with E-state index in [1.807, 2.05) is 18.4 Å². The lowest BCUT2D eigenvalue weighted by molar-refractivity contribution is 0.102. The van der Waals surface area contributed by atoms with Crippen molar-refractivity contribution >= 4 is 22.9 Å². The summed E-state index contributed by atoms with van der Waals surface area (Å²) in [6.07, 6.45) is 0. The highest BCUT2D eigenvalue weighted by atomic mass is 32.1. The summed E-state index contributed by atoms with van der Waals surface area (Å²) in [6.45, 7) is 2.59. The Labute approximate surface area is 126 Å². The number of carbonyl (C=O) groups excluding carboxylic acids is 1. The molecule has 112 valence electrons. The van der Waals surface area contributed by atoms with Crippen LogP contribution in [-0.4, -0.2) is 26.2 Å². The third-order valence-electron chi connectivity index (χ3n) is 2.80. The molecule has 0 radical (unpaired) electrons. The van der Waals surface area contributed by atoms with Gasteiger partial charge in [-0.25, -0.2) is 4.39 Å². The predicted molar refractivity (Wildman–Crippen MR) is 80.8 cm³/mol. The number of hydrogen-bond donors (Lipinski definition) is 1. The van der Waals surface area contributed by atoms with E-state index in [1.165, 1.54) is 29.5 Å². The van der Waals surface area contributed by atoms with E-state index in [9.17, 15) is 9.18 Å². The van der Waals surface area contributed by atoms with E-state index in [0.717, 1.165) is 5.56 Å². The first kappa shape index (κ1) is 15.5. The second-order valence-corrected chi connectivity index (χ2v) is 5.28. The Balaban J connectivity index is 2.16. The largest absolute Gasteiger partial charge is 0.489 e. The number of anilines is 1. The molecule has 6 heteroatoms. The predicted octanol–water partition coefficient (Wildman–Crippen LogP) is 3.47. The SMILES string of the molecule is COCCOc1ccc(F)cc1NC(=O)c1sccc1C. The highest BCUT2D eigenvalue weighted by molar-refractivity contribution is 7.12. The Morgan fingerprint density at radius 1 is 1.33 bits per heavy atom. The Morgan fingerprint density at radius 2 is 2.14 bits per heavy atom. The standard InChI is InChI=1S/C15H16FNO3S/c1-10-5-8-21-14(10)15(18)17-12-9-11(16)3-4-13(12)20-7-6-19-2/h3-5,8-9H,6-7H2,1-2H3,(H,17,18). The molecule has 1 amide bonds. The minimum absolute atomic E-state index is 0.273. The Hall–Kier alpha value is -1.92. The molecular weight excluding hydrogens is 293 g/mol. The lowest BCUT2D eigenvalue weighted by Gasteiger charge is -2.12. The smallest absolute Gasteiger partial charge is 0.266 e. The second-order valence-electron chi connectivity index (χ2n) is 4.37. The minimum atomic E-state index is -0.438. The summed E-state index contributed by atoms with van der Waals surface area (Å²) in [7, 11) is 1.57. The number of ether oxygens (including phenoxy) is 2. The van der Waals surface area contributed by atoms with Crippen LogP contribution < -0.4 is 10.1 Å². The quantitative estimate of drug-likeness (QED) is 0.831. The van der Waals surface area contributed by atoms with E-state index in [4.69, 9.17) is 9.47 Å². The van der Waals surface area contributed by atoms with Gasteiger partial charge in [-0.15, -0.1) is 11.3 Å². The molecule has 2 rings (SSSR count). The number of amides is 1. The van der Waals surface area contributed by atoms with E-state index in [0.29, 0.717) is 29.5 Å². The fourth-order valence-electron chi connectivity index (χ4n) is 1.75. The number of aryl methyl sites for hydroxylation is 1. The lowest BCUT2D eigenvalue weighted by atomic mass is 10.2. The molecule has 21 heavy (non-hydrogen) atoms. The van der Waals surface area contributed by atoms with Gasteiger partial charge in [0.1, 0.15) is 18.2 Å². The first-order valence-electron chi connectivity index (χ1n) is 6.38. The van der Waals surface area contributed by atoms with Gasteiger partial charge in [0.05, 0.1) is 17.2 Å².